The van der Waals surface area contributed by atoms with Gasteiger partial charge >= 0.3 is 0 Å². The van der Waals surface area contributed by atoms with E-state index in [1.54, 1.807) is 0 Å². The lowest BCUT2D eigenvalue weighted by Gasteiger charge is -2.32. The number of rotatable bonds is 4. The zero-order valence-electron chi connectivity index (χ0n) is 44.2. The quantitative estimate of drug-likeness (QED) is 0.176. The monoisotopic (exact) mass is 947 g/mol. The molecule has 0 saturated heterocycles. The molecule has 0 unspecified atom stereocenters. The van der Waals surface area contributed by atoms with E-state index in [0.717, 1.165) is 44.7 Å². The fourth-order valence-corrected chi connectivity index (χ4v) is 14.1. The molecule has 0 fully saturated rings. The van der Waals surface area contributed by atoms with Crippen molar-refractivity contribution in [1.82, 2.24) is 0 Å². The number of nitrogens with zero attached hydrogens (tertiary/aromatic N) is 1. The average molecular weight is 948 g/mol. The fraction of sp³-hybridized carbons (Fsp3) is 0.229. The maximum absolute atomic E-state index is 6.97. The summed E-state index contributed by atoms with van der Waals surface area (Å²) in [5.74, 6) is 0. The van der Waals surface area contributed by atoms with E-state index < -0.39 is 0 Å². The van der Waals surface area contributed by atoms with Crippen LogP contribution in [-0.2, 0) is 21.7 Å². The molecule has 3 nitrogen and oxygen atoms in total. The van der Waals surface area contributed by atoms with Gasteiger partial charge in [0.25, 0.3) is 0 Å². The minimum Gasteiger partial charge on any atom is -0.456 e. The summed E-state index contributed by atoms with van der Waals surface area (Å²) in [7, 11) is 0. The third-order valence-electron chi connectivity index (χ3n) is 17.6. The van der Waals surface area contributed by atoms with Gasteiger partial charge in [0.1, 0.15) is 22.3 Å². The van der Waals surface area contributed by atoms with Crippen molar-refractivity contribution in [2.45, 2.75) is 105 Å². The molecule has 2 heterocycles. The Morgan fingerprint density at radius 1 is 0.397 bits per heavy atom. The SMILES string of the molecule is Cc1cc(C)c(N(c2ccc3c(c2)C(C)(C)c2cc4c(cc2-3)C(C)(C)c2ccc3oc5ccccc5c3c2-4)c2ccc3c(c2)C(C)(C)c2cc(-c4ccccc4C(C)(C)C)c4oc5ccccc5c4c2-3)c(C)c1. The van der Waals surface area contributed by atoms with Crippen LogP contribution in [0.5, 0.6) is 0 Å². The summed E-state index contributed by atoms with van der Waals surface area (Å²) in [5, 5.41) is 4.77. The molecule has 358 valence electrons. The summed E-state index contributed by atoms with van der Waals surface area (Å²) >= 11 is 0. The Hall–Kier alpha value is -7.62. The van der Waals surface area contributed by atoms with E-state index in [4.69, 9.17) is 8.83 Å². The minimum atomic E-state index is -0.315. The summed E-state index contributed by atoms with van der Waals surface area (Å²) in [6.45, 7) is 28.2. The van der Waals surface area contributed by atoms with E-state index in [-0.39, 0.29) is 21.7 Å². The Balaban J connectivity index is 0.950. The molecule has 0 saturated carbocycles. The first-order valence-electron chi connectivity index (χ1n) is 26.2. The molecule has 73 heavy (non-hydrogen) atoms. The maximum atomic E-state index is 6.97. The highest BCUT2D eigenvalue weighted by molar-refractivity contribution is 6.19. The minimum absolute atomic E-state index is 0.0564. The lowest BCUT2D eigenvalue weighted by Crippen LogP contribution is -2.19. The zero-order valence-corrected chi connectivity index (χ0v) is 44.2. The Bertz CT molecular complexity index is 4230. The Kier molecular flexibility index (Phi) is 8.78. The molecule has 3 heteroatoms. The van der Waals surface area contributed by atoms with Gasteiger partial charge in [0.05, 0.1) is 5.69 Å². The van der Waals surface area contributed by atoms with Crippen LogP contribution in [0, 0.1) is 20.8 Å². The molecule has 9 aromatic carbocycles. The predicted octanol–water partition coefficient (Wildman–Crippen LogP) is 19.8. The summed E-state index contributed by atoms with van der Waals surface area (Å²) in [5.41, 5.74) is 30.0. The van der Waals surface area contributed by atoms with Crippen LogP contribution in [0.2, 0.25) is 0 Å². The standard InChI is InChI=1S/C70H61NO2/c1-38-31-39(2)65(40(3)32-38)71(41-25-27-44-48-35-56-50(37-55(48)69(9,10)53(44)33-41)62-52(68(56,7)8)29-30-60-63(62)46-20-14-17-23-58(46)72-60)42-26-28-45-54(34-42)70(11,12)57-36-49(43-19-13-16-22-51(43)67(4,5)6)66-64(61(45)57)47-21-15-18-24-59(47)73-66/h13-37H,1-12H3. The smallest absolute Gasteiger partial charge is 0.143 e. The third-order valence-corrected chi connectivity index (χ3v) is 17.6. The van der Waals surface area contributed by atoms with Gasteiger partial charge in [-0.25, -0.2) is 0 Å². The van der Waals surface area contributed by atoms with E-state index in [2.05, 4.69) is 240 Å². The highest BCUT2D eigenvalue weighted by atomic mass is 16.3. The van der Waals surface area contributed by atoms with Crippen molar-refractivity contribution in [2.75, 3.05) is 4.90 Å². The summed E-state index contributed by atoms with van der Waals surface area (Å²) in [4.78, 5) is 2.55. The molecule has 0 aliphatic heterocycles. The van der Waals surface area contributed by atoms with Gasteiger partial charge in [0, 0.05) is 54.7 Å². The number of para-hydroxylation sites is 2. The van der Waals surface area contributed by atoms with E-state index in [9.17, 15) is 0 Å². The van der Waals surface area contributed by atoms with Gasteiger partial charge in [0.15, 0.2) is 0 Å². The highest BCUT2D eigenvalue weighted by Gasteiger charge is 2.44. The van der Waals surface area contributed by atoms with E-state index in [0.29, 0.717) is 0 Å². The topological polar surface area (TPSA) is 29.5 Å². The van der Waals surface area contributed by atoms with Crippen molar-refractivity contribution < 1.29 is 8.83 Å². The molecule has 0 bridgehead atoms. The van der Waals surface area contributed by atoms with Gasteiger partial charge in [-0.05, 0) is 176 Å². The normalized spacial score (nSPS) is 15.5. The number of fused-ring (bicyclic) bond motifs is 17. The molecule has 0 amide bonds. The first kappa shape index (κ1) is 44.1. The van der Waals surface area contributed by atoms with E-state index in [1.807, 2.05) is 0 Å². The van der Waals surface area contributed by atoms with Crippen molar-refractivity contribution >= 4 is 60.9 Å². The number of hydrogen-bond donors (Lipinski definition) is 0. The van der Waals surface area contributed by atoms with Crippen LogP contribution >= 0.6 is 0 Å². The van der Waals surface area contributed by atoms with Crippen LogP contribution in [0.3, 0.4) is 0 Å². The van der Waals surface area contributed by atoms with Gasteiger partial charge in [-0.15, -0.1) is 0 Å². The lowest BCUT2D eigenvalue weighted by atomic mass is 9.78. The number of anilines is 3. The molecule has 14 rings (SSSR count). The predicted molar refractivity (Wildman–Crippen MR) is 307 cm³/mol. The molecule has 3 aliphatic rings. The van der Waals surface area contributed by atoms with Crippen LogP contribution < -0.4 is 4.90 Å². The molecule has 3 aliphatic carbocycles. The summed E-state index contributed by atoms with van der Waals surface area (Å²) < 4.78 is 13.5. The van der Waals surface area contributed by atoms with Crippen molar-refractivity contribution in [3.63, 3.8) is 0 Å². The van der Waals surface area contributed by atoms with Crippen LogP contribution in [0.15, 0.2) is 160 Å². The largest absolute Gasteiger partial charge is 0.456 e. The first-order chi connectivity index (χ1) is 34.8. The summed E-state index contributed by atoms with van der Waals surface area (Å²) in [6, 6.07) is 57.3. The summed E-state index contributed by atoms with van der Waals surface area (Å²) in [6.07, 6.45) is 0. The number of benzene rings is 9. The second-order valence-corrected chi connectivity index (χ2v) is 24.3. The van der Waals surface area contributed by atoms with Crippen molar-refractivity contribution in [3.8, 4) is 44.5 Å². The van der Waals surface area contributed by atoms with Crippen molar-refractivity contribution in [2.24, 2.45) is 0 Å². The fourth-order valence-electron chi connectivity index (χ4n) is 14.1. The van der Waals surface area contributed by atoms with Gasteiger partial charge in [-0.2, -0.15) is 0 Å². The molecular weight excluding hydrogens is 887 g/mol. The van der Waals surface area contributed by atoms with Crippen LogP contribution in [0.4, 0.5) is 17.1 Å². The van der Waals surface area contributed by atoms with Crippen LogP contribution in [0.1, 0.15) is 118 Å². The van der Waals surface area contributed by atoms with Crippen molar-refractivity contribution in [3.05, 3.63) is 207 Å². The van der Waals surface area contributed by atoms with Crippen LogP contribution in [-0.4, -0.2) is 0 Å². The molecule has 0 atom stereocenters. The second-order valence-electron chi connectivity index (χ2n) is 24.3. The highest BCUT2D eigenvalue weighted by Crippen LogP contribution is 2.60. The molecule has 0 radical (unpaired) electrons. The molecule has 2 aromatic heterocycles. The molecule has 0 spiro atoms. The second kappa shape index (κ2) is 14.5. The van der Waals surface area contributed by atoms with Crippen LogP contribution in [0.25, 0.3) is 88.4 Å². The Morgan fingerprint density at radius 2 is 0.918 bits per heavy atom. The Labute approximate surface area is 429 Å². The number of furan rings is 2. The molecule has 11 aromatic rings. The van der Waals surface area contributed by atoms with E-state index >= 15 is 0 Å². The first-order valence-corrected chi connectivity index (χ1v) is 26.2. The number of aryl methyl sites for hydroxylation is 3. The van der Waals surface area contributed by atoms with Gasteiger partial charge in [-0.1, -0.05) is 159 Å². The zero-order chi connectivity index (χ0) is 50.4. The number of hydrogen-bond acceptors (Lipinski definition) is 3. The van der Waals surface area contributed by atoms with Gasteiger partial charge in [-0.3, -0.25) is 0 Å². The van der Waals surface area contributed by atoms with Gasteiger partial charge in [0.2, 0.25) is 0 Å². The average Bonchev–Trinajstić information content (AvgIpc) is 4.10. The van der Waals surface area contributed by atoms with E-state index in [1.165, 1.54) is 116 Å². The molecular formula is C70H61NO2. The Morgan fingerprint density at radius 3 is 1.62 bits per heavy atom. The molecule has 0 N–H and O–H groups in total. The van der Waals surface area contributed by atoms with Gasteiger partial charge < -0.3 is 13.7 Å². The third kappa shape index (κ3) is 5.88. The maximum Gasteiger partial charge on any atom is 0.143 e. The van der Waals surface area contributed by atoms with Crippen molar-refractivity contribution in [1.29, 1.82) is 0 Å². The lowest BCUT2D eigenvalue weighted by molar-refractivity contribution is 0.591.